The Balaban J connectivity index is 1.57. The van der Waals surface area contributed by atoms with Crippen molar-refractivity contribution in [2.45, 2.75) is 97.1 Å². The maximum atomic E-state index is 15.0. The third-order valence-corrected chi connectivity index (χ3v) is 7.03. The molecule has 3 heteroatoms. The molecule has 0 N–H and O–H groups in total. The summed E-state index contributed by atoms with van der Waals surface area (Å²) in [4.78, 5) is 12.5. The van der Waals surface area contributed by atoms with Gasteiger partial charge in [0.1, 0.15) is 5.75 Å². The summed E-state index contributed by atoms with van der Waals surface area (Å²) in [6, 6.07) is 24.4. The van der Waals surface area contributed by atoms with Crippen molar-refractivity contribution >= 4 is 5.97 Å². The summed E-state index contributed by atoms with van der Waals surface area (Å²) in [6.07, 6.45) is 11.4. The predicted octanol–water partition coefficient (Wildman–Crippen LogP) is 10.1. The Morgan fingerprint density at radius 2 is 1.22 bits per heavy atom. The van der Waals surface area contributed by atoms with E-state index in [2.05, 4.69) is 50.2 Å². The van der Waals surface area contributed by atoms with Crippen molar-refractivity contribution in [2.24, 2.45) is 0 Å². The van der Waals surface area contributed by atoms with Crippen LogP contribution in [0.15, 0.2) is 72.8 Å². The van der Waals surface area contributed by atoms with Gasteiger partial charge in [-0.25, -0.2) is 9.18 Å². The van der Waals surface area contributed by atoms with Crippen LogP contribution in [0.5, 0.6) is 5.75 Å². The quantitative estimate of drug-likeness (QED) is 0.117. The zero-order valence-corrected chi connectivity index (χ0v) is 22.9. The predicted molar refractivity (Wildman–Crippen MR) is 154 cm³/mol. The molecule has 0 spiro atoms. The fourth-order valence-electron chi connectivity index (χ4n) is 4.74. The van der Waals surface area contributed by atoms with Crippen molar-refractivity contribution in [1.82, 2.24) is 0 Å². The molecule has 3 rings (SSSR count). The molecule has 37 heavy (non-hydrogen) atoms. The Hall–Kier alpha value is -2.94. The van der Waals surface area contributed by atoms with Gasteiger partial charge in [-0.15, -0.1) is 0 Å². The number of rotatable bonds is 15. The molecule has 198 valence electrons. The van der Waals surface area contributed by atoms with E-state index in [0.717, 1.165) is 42.4 Å². The van der Waals surface area contributed by atoms with Crippen LogP contribution >= 0.6 is 0 Å². The van der Waals surface area contributed by atoms with Crippen LogP contribution in [0.25, 0.3) is 22.3 Å². The molecule has 0 aliphatic carbocycles. The molecule has 1 unspecified atom stereocenters. The van der Waals surface area contributed by atoms with E-state index in [1.54, 1.807) is 12.1 Å². The molecule has 0 aliphatic heterocycles. The van der Waals surface area contributed by atoms with E-state index >= 15 is 4.39 Å². The largest absolute Gasteiger partial charge is 0.424 e. The summed E-state index contributed by atoms with van der Waals surface area (Å²) in [7, 11) is 0. The van der Waals surface area contributed by atoms with Crippen LogP contribution in [-0.2, 0) is 11.2 Å². The van der Waals surface area contributed by atoms with Crippen LogP contribution in [-0.4, -0.2) is 11.6 Å². The highest BCUT2D eigenvalue weighted by molar-refractivity contribution is 5.84. The number of alkyl halides is 1. The van der Waals surface area contributed by atoms with E-state index in [1.165, 1.54) is 50.2 Å². The maximum Gasteiger partial charge on any atom is 0.348 e. The topological polar surface area (TPSA) is 26.3 Å². The zero-order chi connectivity index (χ0) is 26.5. The number of benzene rings is 3. The molecule has 0 aliphatic rings. The first-order valence-corrected chi connectivity index (χ1v) is 14.1. The fourth-order valence-corrected chi connectivity index (χ4v) is 4.74. The molecule has 0 heterocycles. The Labute approximate surface area is 223 Å². The van der Waals surface area contributed by atoms with E-state index in [0.29, 0.717) is 12.2 Å². The van der Waals surface area contributed by atoms with E-state index in [-0.39, 0.29) is 6.42 Å². The summed E-state index contributed by atoms with van der Waals surface area (Å²) < 4.78 is 20.5. The summed E-state index contributed by atoms with van der Waals surface area (Å²) in [5, 5.41) is 0. The first-order valence-electron chi connectivity index (χ1n) is 14.1. The lowest BCUT2D eigenvalue weighted by molar-refractivity contribution is -0.147. The molecule has 3 aromatic rings. The Morgan fingerprint density at radius 1 is 0.703 bits per heavy atom. The molecule has 2 nitrogen and oxygen atoms in total. The molecule has 0 radical (unpaired) electrons. The van der Waals surface area contributed by atoms with Crippen molar-refractivity contribution in [3.63, 3.8) is 0 Å². The van der Waals surface area contributed by atoms with Gasteiger partial charge in [-0.3, -0.25) is 0 Å². The molecule has 0 aromatic heterocycles. The van der Waals surface area contributed by atoms with Gasteiger partial charge in [0.15, 0.2) is 0 Å². The van der Waals surface area contributed by atoms with Gasteiger partial charge in [0.2, 0.25) is 5.67 Å². The molecule has 1 atom stereocenters. The first-order chi connectivity index (χ1) is 17.9. The van der Waals surface area contributed by atoms with E-state index < -0.39 is 11.6 Å². The zero-order valence-electron chi connectivity index (χ0n) is 22.9. The number of carbonyl (C=O) groups excluding carboxylic acids is 1. The minimum absolute atomic E-state index is 0.198. The van der Waals surface area contributed by atoms with Gasteiger partial charge in [-0.2, -0.15) is 0 Å². The number of hydrogen-bond donors (Lipinski definition) is 0. The molecule has 0 bridgehead atoms. The number of unbranched alkanes of at least 4 members (excludes halogenated alkanes) is 7. The number of esters is 1. The van der Waals surface area contributed by atoms with Gasteiger partial charge in [0.05, 0.1) is 0 Å². The minimum atomic E-state index is -1.97. The molecular formula is C34H43FO2. The third-order valence-electron chi connectivity index (χ3n) is 7.03. The SMILES string of the molecule is CCCCCCCCCCC(C)(F)C(=O)Oc1ccc(-c2ccccc2-c2ccc(CCC)cc2)cc1. The normalized spacial score (nSPS) is 12.8. The van der Waals surface area contributed by atoms with Crippen LogP contribution in [0, 0.1) is 0 Å². The van der Waals surface area contributed by atoms with Gasteiger partial charge >= 0.3 is 5.97 Å². The highest BCUT2D eigenvalue weighted by atomic mass is 19.1. The lowest BCUT2D eigenvalue weighted by Gasteiger charge is -2.18. The first kappa shape index (κ1) is 28.6. The summed E-state index contributed by atoms with van der Waals surface area (Å²) in [5.74, 6) is -0.439. The van der Waals surface area contributed by atoms with Crippen molar-refractivity contribution in [3.8, 4) is 28.0 Å². The van der Waals surface area contributed by atoms with Crippen molar-refractivity contribution in [3.05, 3.63) is 78.4 Å². The standard InChI is InChI=1S/C34H43FO2/c1-4-6-7-8-9-10-11-14-26-34(3,35)33(36)37-30-24-22-29(23-25-30)32-17-13-12-16-31(32)28-20-18-27(15-5-2)19-21-28/h12-13,16-25H,4-11,14-15,26H2,1-3H3. The van der Waals surface area contributed by atoms with Crippen LogP contribution in [0.1, 0.15) is 90.5 Å². The number of hydrogen-bond acceptors (Lipinski definition) is 2. The monoisotopic (exact) mass is 502 g/mol. The fraction of sp³-hybridized carbons (Fsp3) is 0.441. The molecule has 3 aromatic carbocycles. The second kappa shape index (κ2) is 14.7. The molecule has 0 fully saturated rings. The van der Waals surface area contributed by atoms with Crippen LogP contribution < -0.4 is 4.74 Å². The molecule has 0 amide bonds. The average molecular weight is 503 g/mol. The third kappa shape index (κ3) is 8.84. The number of halogens is 1. The van der Waals surface area contributed by atoms with Crippen LogP contribution in [0.4, 0.5) is 4.39 Å². The Bertz CT molecular complexity index is 1080. The van der Waals surface area contributed by atoms with E-state index in [4.69, 9.17) is 4.74 Å². The minimum Gasteiger partial charge on any atom is -0.424 e. The van der Waals surface area contributed by atoms with Crippen molar-refractivity contribution in [2.75, 3.05) is 0 Å². The maximum absolute atomic E-state index is 15.0. The number of ether oxygens (including phenoxy) is 1. The smallest absolute Gasteiger partial charge is 0.348 e. The summed E-state index contributed by atoms with van der Waals surface area (Å²) in [5.41, 5.74) is 3.81. The van der Waals surface area contributed by atoms with E-state index in [9.17, 15) is 4.79 Å². The molecular weight excluding hydrogens is 459 g/mol. The molecule has 0 saturated carbocycles. The van der Waals surface area contributed by atoms with Gasteiger partial charge in [0.25, 0.3) is 0 Å². The van der Waals surface area contributed by atoms with E-state index in [1.807, 2.05) is 24.3 Å². The second-order valence-electron chi connectivity index (χ2n) is 10.3. The van der Waals surface area contributed by atoms with Gasteiger partial charge in [-0.05, 0) is 66.1 Å². The lowest BCUT2D eigenvalue weighted by atomic mass is 9.94. The summed E-state index contributed by atoms with van der Waals surface area (Å²) in [6.45, 7) is 5.74. The van der Waals surface area contributed by atoms with Crippen molar-refractivity contribution in [1.29, 1.82) is 0 Å². The molecule has 0 saturated heterocycles. The van der Waals surface area contributed by atoms with Crippen LogP contribution in [0.2, 0.25) is 0 Å². The average Bonchev–Trinajstić information content (AvgIpc) is 2.91. The highest BCUT2D eigenvalue weighted by Crippen LogP contribution is 2.33. The Morgan fingerprint density at radius 3 is 1.76 bits per heavy atom. The number of aryl methyl sites for hydroxylation is 1. The van der Waals surface area contributed by atoms with Crippen LogP contribution in [0.3, 0.4) is 0 Å². The van der Waals surface area contributed by atoms with Gasteiger partial charge in [0, 0.05) is 0 Å². The van der Waals surface area contributed by atoms with Gasteiger partial charge < -0.3 is 4.74 Å². The Kier molecular flexibility index (Phi) is 11.4. The van der Waals surface area contributed by atoms with Gasteiger partial charge in [-0.1, -0.05) is 126 Å². The van der Waals surface area contributed by atoms with Crippen molar-refractivity contribution < 1.29 is 13.9 Å². The highest BCUT2D eigenvalue weighted by Gasteiger charge is 2.34. The lowest BCUT2D eigenvalue weighted by Crippen LogP contribution is -2.34. The second-order valence-corrected chi connectivity index (χ2v) is 10.3. The number of carbonyl (C=O) groups is 1. The summed E-state index contributed by atoms with van der Waals surface area (Å²) >= 11 is 0.